The fourth-order valence-corrected chi connectivity index (χ4v) is 1.16. The molecule has 2 rings (SSSR count). The predicted molar refractivity (Wildman–Crippen MR) is 47.1 cm³/mol. The minimum Gasteiger partial charge on any atom is -0.319 e. The van der Waals surface area contributed by atoms with Gasteiger partial charge in [0.05, 0.1) is 17.3 Å². The molecule has 62 valence electrons. The average Bonchev–Trinajstić information content (AvgIpc) is 2.16. The number of hydrogen-bond donors (Lipinski definition) is 1. The fraction of sp³-hybridized carbons (Fsp3) is 0. The van der Waals surface area contributed by atoms with Gasteiger partial charge in [-0.15, -0.1) is 0 Å². The maximum atomic E-state index is 10.9. The Bertz CT molecular complexity index is 551. The summed E-state index contributed by atoms with van der Waals surface area (Å²) in [7, 11) is 0. The van der Waals surface area contributed by atoms with Crippen LogP contribution < -0.4 is 5.56 Å². The summed E-state index contributed by atoms with van der Waals surface area (Å²) in [6.45, 7) is 0. The molecule has 0 bridgehead atoms. The van der Waals surface area contributed by atoms with Crippen LogP contribution in [-0.2, 0) is 0 Å². The molecule has 4 heteroatoms. The van der Waals surface area contributed by atoms with Crippen molar-refractivity contribution < 1.29 is 0 Å². The van der Waals surface area contributed by atoms with Crippen LogP contribution in [0.2, 0.25) is 0 Å². The number of hydrogen-bond acceptors (Lipinski definition) is 3. The molecule has 0 saturated heterocycles. The molecular formula is C9H5N3O. The number of benzene rings is 1. The van der Waals surface area contributed by atoms with Crippen molar-refractivity contribution in [1.29, 1.82) is 5.26 Å². The minimum atomic E-state index is -0.261. The van der Waals surface area contributed by atoms with Crippen LogP contribution in [0.15, 0.2) is 29.2 Å². The lowest BCUT2D eigenvalue weighted by molar-refractivity contribution is 1.21. The molecule has 1 aromatic heterocycles. The van der Waals surface area contributed by atoms with Gasteiger partial charge in [0.1, 0.15) is 11.6 Å². The third-order valence-corrected chi connectivity index (χ3v) is 1.73. The van der Waals surface area contributed by atoms with Crippen LogP contribution >= 0.6 is 0 Å². The van der Waals surface area contributed by atoms with Gasteiger partial charge in [-0.1, -0.05) is 6.07 Å². The number of para-hydroxylation sites is 1. The molecule has 0 atom stereocenters. The Labute approximate surface area is 73.5 Å². The Balaban J connectivity index is 2.95. The fourth-order valence-electron chi connectivity index (χ4n) is 1.16. The molecular weight excluding hydrogens is 166 g/mol. The lowest BCUT2D eigenvalue weighted by atomic mass is 10.2. The summed E-state index contributed by atoms with van der Waals surface area (Å²) in [4.78, 5) is 17.4. The summed E-state index contributed by atoms with van der Waals surface area (Å²) in [5.74, 6) is 0. The Kier molecular flexibility index (Phi) is 1.57. The van der Waals surface area contributed by atoms with Gasteiger partial charge in [0, 0.05) is 0 Å². The minimum absolute atomic E-state index is 0.261. The number of nitriles is 1. The van der Waals surface area contributed by atoms with Gasteiger partial charge in [-0.2, -0.15) is 5.26 Å². The standard InChI is InChI=1S/C9H5N3O/c10-4-6-2-1-3-7-9(6)11-5-8(13)12-7/h1-3,5H,(H,12,13). The smallest absolute Gasteiger partial charge is 0.266 e. The van der Waals surface area contributed by atoms with E-state index >= 15 is 0 Å². The van der Waals surface area contributed by atoms with E-state index in [2.05, 4.69) is 9.97 Å². The molecule has 0 spiro atoms. The monoisotopic (exact) mass is 171 g/mol. The molecule has 0 aliphatic rings. The van der Waals surface area contributed by atoms with Crippen LogP contribution in [0.25, 0.3) is 11.0 Å². The summed E-state index contributed by atoms with van der Waals surface area (Å²) in [6.07, 6.45) is 1.17. The Hall–Kier alpha value is -2.15. The number of fused-ring (bicyclic) bond motifs is 1. The van der Waals surface area contributed by atoms with E-state index in [1.807, 2.05) is 6.07 Å². The van der Waals surface area contributed by atoms with Crippen molar-refractivity contribution in [3.63, 3.8) is 0 Å². The lowest BCUT2D eigenvalue weighted by Gasteiger charge is -1.96. The second kappa shape index (κ2) is 2.72. The van der Waals surface area contributed by atoms with Crippen molar-refractivity contribution in [2.75, 3.05) is 0 Å². The van der Waals surface area contributed by atoms with Crippen molar-refractivity contribution in [1.82, 2.24) is 9.97 Å². The van der Waals surface area contributed by atoms with Crippen LogP contribution in [-0.4, -0.2) is 9.97 Å². The number of aromatic nitrogens is 2. The summed E-state index contributed by atoms with van der Waals surface area (Å²) < 4.78 is 0. The average molecular weight is 171 g/mol. The van der Waals surface area contributed by atoms with Crippen molar-refractivity contribution in [3.05, 3.63) is 40.3 Å². The maximum absolute atomic E-state index is 10.9. The highest BCUT2D eigenvalue weighted by Crippen LogP contribution is 2.10. The molecule has 13 heavy (non-hydrogen) atoms. The number of nitrogens with zero attached hydrogens (tertiary/aromatic N) is 2. The van der Waals surface area contributed by atoms with Gasteiger partial charge >= 0.3 is 0 Å². The van der Waals surface area contributed by atoms with E-state index in [0.29, 0.717) is 16.6 Å². The molecule has 0 fully saturated rings. The molecule has 0 radical (unpaired) electrons. The molecule has 0 aliphatic heterocycles. The van der Waals surface area contributed by atoms with E-state index in [1.165, 1.54) is 6.20 Å². The molecule has 1 aromatic carbocycles. The van der Waals surface area contributed by atoms with E-state index < -0.39 is 0 Å². The molecule has 1 N–H and O–H groups in total. The number of nitrogens with one attached hydrogen (secondary N) is 1. The van der Waals surface area contributed by atoms with Crippen molar-refractivity contribution in [3.8, 4) is 6.07 Å². The van der Waals surface area contributed by atoms with Crippen LogP contribution in [0.3, 0.4) is 0 Å². The normalized spacial score (nSPS) is 9.77. The van der Waals surface area contributed by atoms with E-state index in [9.17, 15) is 4.79 Å². The first kappa shape index (κ1) is 7.50. The van der Waals surface area contributed by atoms with Gasteiger partial charge < -0.3 is 4.98 Å². The zero-order valence-electron chi connectivity index (χ0n) is 6.61. The Morgan fingerprint density at radius 3 is 3.08 bits per heavy atom. The summed E-state index contributed by atoms with van der Waals surface area (Å²) in [6, 6.07) is 7.08. The lowest BCUT2D eigenvalue weighted by Crippen LogP contribution is -2.05. The number of aromatic amines is 1. The van der Waals surface area contributed by atoms with Gasteiger partial charge in [-0.3, -0.25) is 4.79 Å². The van der Waals surface area contributed by atoms with Crippen molar-refractivity contribution in [2.24, 2.45) is 0 Å². The van der Waals surface area contributed by atoms with E-state index in [4.69, 9.17) is 5.26 Å². The third-order valence-electron chi connectivity index (χ3n) is 1.73. The highest BCUT2D eigenvalue weighted by Gasteiger charge is 2.00. The largest absolute Gasteiger partial charge is 0.319 e. The van der Waals surface area contributed by atoms with E-state index in [0.717, 1.165) is 0 Å². The van der Waals surface area contributed by atoms with Gasteiger partial charge in [0.15, 0.2) is 0 Å². The quantitative estimate of drug-likeness (QED) is 0.637. The van der Waals surface area contributed by atoms with Gasteiger partial charge in [0.25, 0.3) is 5.56 Å². The second-order valence-corrected chi connectivity index (χ2v) is 2.56. The topological polar surface area (TPSA) is 69.5 Å². The number of H-pyrrole nitrogens is 1. The van der Waals surface area contributed by atoms with Crippen molar-refractivity contribution in [2.45, 2.75) is 0 Å². The highest BCUT2D eigenvalue weighted by molar-refractivity contribution is 5.79. The zero-order chi connectivity index (χ0) is 9.26. The molecule has 1 heterocycles. The van der Waals surface area contributed by atoms with Crippen LogP contribution in [0.4, 0.5) is 0 Å². The van der Waals surface area contributed by atoms with Crippen LogP contribution in [0.5, 0.6) is 0 Å². The van der Waals surface area contributed by atoms with Gasteiger partial charge in [-0.25, -0.2) is 4.98 Å². The Morgan fingerprint density at radius 1 is 1.46 bits per heavy atom. The molecule has 2 aromatic rings. The molecule has 0 aliphatic carbocycles. The van der Waals surface area contributed by atoms with Crippen LogP contribution in [0.1, 0.15) is 5.56 Å². The first-order valence-electron chi connectivity index (χ1n) is 3.69. The van der Waals surface area contributed by atoms with Crippen LogP contribution in [0, 0.1) is 11.3 Å². The SMILES string of the molecule is N#Cc1cccc2[nH]c(=O)cnc12. The number of rotatable bonds is 0. The summed E-state index contributed by atoms with van der Waals surface area (Å²) >= 11 is 0. The molecule has 4 nitrogen and oxygen atoms in total. The summed E-state index contributed by atoms with van der Waals surface area (Å²) in [5, 5.41) is 8.72. The maximum Gasteiger partial charge on any atom is 0.266 e. The highest BCUT2D eigenvalue weighted by atomic mass is 16.1. The van der Waals surface area contributed by atoms with Gasteiger partial charge in [0.2, 0.25) is 0 Å². The molecule has 0 amide bonds. The van der Waals surface area contributed by atoms with E-state index in [1.54, 1.807) is 18.2 Å². The first-order valence-corrected chi connectivity index (χ1v) is 3.69. The second-order valence-electron chi connectivity index (χ2n) is 2.56. The summed E-state index contributed by atoms with van der Waals surface area (Å²) in [5.41, 5.74) is 1.33. The predicted octanol–water partition coefficient (Wildman–Crippen LogP) is 0.795. The Morgan fingerprint density at radius 2 is 2.31 bits per heavy atom. The zero-order valence-corrected chi connectivity index (χ0v) is 6.61. The van der Waals surface area contributed by atoms with Crippen molar-refractivity contribution >= 4 is 11.0 Å². The molecule has 0 unspecified atom stereocenters. The van der Waals surface area contributed by atoms with Gasteiger partial charge in [-0.05, 0) is 12.1 Å². The molecule has 0 saturated carbocycles. The first-order chi connectivity index (χ1) is 6.31. The van der Waals surface area contributed by atoms with E-state index in [-0.39, 0.29) is 5.56 Å². The third kappa shape index (κ3) is 1.16.